The Balaban J connectivity index is 1.59. The highest BCUT2D eigenvalue weighted by Gasteiger charge is 2.26. The van der Waals surface area contributed by atoms with Crippen molar-refractivity contribution in [2.75, 3.05) is 25.1 Å². The lowest BCUT2D eigenvalue weighted by Gasteiger charge is -2.23. The number of allylic oxidation sites excluding steroid dienone is 5. The molecule has 2 atom stereocenters. The molecule has 1 amide bonds. The van der Waals surface area contributed by atoms with Crippen molar-refractivity contribution in [3.05, 3.63) is 95.5 Å². The molecule has 3 aromatic rings. The number of aliphatic hydroxyl groups is 1. The number of fused-ring (bicyclic) bond motifs is 1. The zero-order valence-electron chi connectivity index (χ0n) is 23.9. The highest BCUT2D eigenvalue weighted by molar-refractivity contribution is 5.88. The van der Waals surface area contributed by atoms with Crippen LogP contribution in [0.1, 0.15) is 61.4 Å². The number of pyridine rings is 1. The number of hydrogen-bond acceptors (Lipinski definition) is 7. The van der Waals surface area contributed by atoms with Crippen molar-refractivity contribution in [2.45, 2.75) is 51.7 Å². The third-order valence-corrected chi connectivity index (χ3v) is 7.31. The molecular weight excluding hydrogens is 539 g/mol. The van der Waals surface area contributed by atoms with Gasteiger partial charge in [0, 0.05) is 30.5 Å². The maximum atomic E-state index is 14.9. The van der Waals surface area contributed by atoms with Crippen molar-refractivity contribution in [3.63, 3.8) is 0 Å². The summed E-state index contributed by atoms with van der Waals surface area (Å²) in [7, 11) is 0. The number of aliphatic hydroxyl groups excluding tert-OH is 1. The van der Waals surface area contributed by atoms with E-state index < -0.39 is 11.9 Å². The minimum Gasteiger partial charge on any atom is -0.495 e. The van der Waals surface area contributed by atoms with Gasteiger partial charge in [0.2, 0.25) is 0 Å². The Morgan fingerprint density at radius 3 is 2.90 bits per heavy atom. The molecule has 0 bridgehead atoms. The first kappa shape index (κ1) is 29.2. The fourth-order valence-electron chi connectivity index (χ4n) is 5.39. The fraction of sp³-hybridized carbons (Fsp3) is 0.344. The Bertz CT molecular complexity index is 1580. The lowest BCUT2D eigenvalue weighted by Crippen LogP contribution is -2.19. The Labute approximate surface area is 244 Å². The molecule has 2 N–H and O–H groups in total. The van der Waals surface area contributed by atoms with Crippen LogP contribution in [0.25, 0.3) is 16.6 Å². The number of aromatic nitrogens is 3. The van der Waals surface area contributed by atoms with E-state index >= 15 is 0 Å². The summed E-state index contributed by atoms with van der Waals surface area (Å²) in [5, 5.41) is 17.4. The number of nitrogens with one attached hydrogen (secondary N) is 1. The summed E-state index contributed by atoms with van der Waals surface area (Å²) >= 11 is 0. The number of benzene rings is 1. The number of hydrogen-bond donors (Lipinski definition) is 2. The molecule has 10 heteroatoms. The van der Waals surface area contributed by atoms with Gasteiger partial charge in [-0.1, -0.05) is 24.8 Å². The lowest BCUT2D eigenvalue weighted by molar-refractivity contribution is -0.0370. The molecule has 0 saturated carbocycles. The highest BCUT2D eigenvalue weighted by Crippen LogP contribution is 2.40. The van der Waals surface area contributed by atoms with Gasteiger partial charge in [0.05, 0.1) is 24.3 Å². The largest absolute Gasteiger partial charge is 0.495 e. The quantitative estimate of drug-likeness (QED) is 0.228. The van der Waals surface area contributed by atoms with Crippen LogP contribution in [0, 0.1) is 12.7 Å². The maximum absolute atomic E-state index is 14.9. The van der Waals surface area contributed by atoms with Crippen LogP contribution in [-0.2, 0) is 14.2 Å². The average molecular weight is 575 g/mol. The summed E-state index contributed by atoms with van der Waals surface area (Å²) in [6, 6.07) is 4.89. The number of ether oxygens (including phenoxy) is 3. The SMILES string of the molecule is C=C(C)OC(=O)Nc1cc(C2=CC(c3ccnc4c3cnn4C3CCCCO3)C(=C)CC(OCCO)=C2)c(C)cc1F. The number of rotatable bonds is 8. The topological polar surface area (TPSA) is 108 Å². The number of aryl methyl sites for hydroxylation is 1. The average Bonchev–Trinajstić information content (AvgIpc) is 3.32. The van der Waals surface area contributed by atoms with E-state index in [2.05, 4.69) is 34.6 Å². The molecule has 0 radical (unpaired) electrons. The van der Waals surface area contributed by atoms with E-state index in [-0.39, 0.29) is 36.8 Å². The van der Waals surface area contributed by atoms with E-state index in [1.54, 1.807) is 19.2 Å². The zero-order chi connectivity index (χ0) is 29.8. The molecule has 5 rings (SSSR count). The van der Waals surface area contributed by atoms with Crippen LogP contribution in [0.4, 0.5) is 14.9 Å². The van der Waals surface area contributed by atoms with Crippen molar-refractivity contribution >= 4 is 28.4 Å². The Morgan fingerprint density at radius 1 is 1.33 bits per heavy atom. The lowest BCUT2D eigenvalue weighted by atomic mass is 9.87. The van der Waals surface area contributed by atoms with Crippen LogP contribution >= 0.6 is 0 Å². The van der Waals surface area contributed by atoms with E-state index in [0.29, 0.717) is 29.9 Å². The minimum absolute atomic E-state index is 0.0336. The Morgan fingerprint density at radius 2 is 2.17 bits per heavy atom. The van der Waals surface area contributed by atoms with E-state index in [0.717, 1.165) is 47.0 Å². The summed E-state index contributed by atoms with van der Waals surface area (Å²) in [6.45, 7) is 11.9. The molecule has 1 aliphatic heterocycles. The Hall–Kier alpha value is -4.28. The van der Waals surface area contributed by atoms with Gasteiger partial charge >= 0.3 is 6.09 Å². The van der Waals surface area contributed by atoms with Crippen molar-refractivity contribution < 1.29 is 28.5 Å². The molecule has 2 aromatic heterocycles. The van der Waals surface area contributed by atoms with E-state index in [1.807, 2.05) is 23.0 Å². The third-order valence-electron chi connectivity index (χ3n) is 7.31. The van der Waals surface area contributed by atoms with Gasteiger partial charge in [0.25, 0.3) is 0 Å². The van der Waals surface area contributed by atoms with Crippen LogP contribution in [0.2, 0.25) is 0 Å². The molecule has 1 fully saturated rings. The standard InChI is InChI=1S/C32H35FN4O5/c1-19(2)42-32(39)36-29-17-25(21(4)14-28(29)33)22-15-23(40-12-10-38)13-20(3)26(16-22)24-8-9-34-31-27(24)18-35-37(31)30-7-5-6-11-41-30/h8-9,14-18,26,30,38H,1,3,5-7,10-13H2,2,4H3,(H,36,39). The van der Waals surface area contributed by atoms with Crippen molar-refractivity contribution in [2.24, 2.45) is 0 Å². The molecule has 42 heavy (non-hydrogen) atoms. The number of carbonyl (C=O) groups excluding carboxylic acids is 1. The molecule has 2 unspecified atom stereocenters. The summed E-state index contributed by atoms with van der Waals surface area (Å²) in [6.07, 6.45) is 9.90. The van der Waals surface area contributed by atoms with Crippen LogP contribution in [0.5, 0.6) is 0 Å². The van der Waals surface area contributed by atoms with Crippen LogP contribution in [0.3, 0.4) is 0 Å². The summed E-state index contributed by atoms with van der Waals surface area (Å²) in [4.78, 5) is 16.9. The number of amides is 1. The maximum Gasteiger partial charge on any atom is 0.416 e. The normalized spacial score (nSPS) is 19.1. The van der Waals surface area contributed by atoms with Gasteiger partial charge < -0.3 is 19.3 Å². The van der Waals surface area contributed by atoms with E-state index in [1.165, 1.54) is 13.0 Å². The van der Waals surface area contributed by atoms with Gasteiger partial charge in [-0.05, 0) is 79.6 Å². The monoisotopic (exact) mass is 574 g/mol. The second kappa shape index (κ2) is 12.7. The van der Waals surface area contributed by atoms with Crippen LogP contribution in [0.15, 0.2) is 73.0 Å². The van der Waals surface area contributed by atoms with Gasteiger partial charge in [-0.25, -0.2) is 18.9 Å². The molecule has 0 spiro atoms. The molecule has 9 nitrogen and oxygen atoms in total. The first-order valence-corrected chi connectivity index (χ1v) is 14.0. The van der Waals surface area contributed by atoms with Gasteiger partial charge in [0.15, 0.2) is 11.9 Å². The van der Waals surface area contributed by atoms with Crippen molar-refractivity contribution in [1.29, 1.82) is 0 Å². The number of carbonyl (C=O) groups is 1. The van der Waals surface area contributed by atoms with Crippen LogP contribution in [-0.4, -0.2) is 45.8 Å². The molecular formula is C32H35FN4O5. The minimum atomic E-state index is -0.835. The molecule has 220 valence electrons. The predicted octanol–water partition coefficient (Wildman–Crippen LogP) is 6.68. The number of nitrogens with zero attached hydrogens (tertiary/aromatic N) is 3. The van der Waals surface area contributed by atoms with Gasteiger partial charge in [-0.3, -0.25) is 5.32 Å². The zero-order valence-corrected chi connectivity index (χ0v) is 23.9. The molecule has 1 aliphatic carbocycles. The second-order valence-corrected chi connectivity index (χ2v) is 10.5. The summed E-state index contributed by atoms with van der Waals surface area (Å²) in [5.74, 6) is -0.0711. The molecule has 3 heterocycles. The number of anilines is 1. The van der Waals surface area contributed by atoms with Crippen LogP contribution < -0.4 is 5.32 Å². The third kappa shape index (κ3) is 6.29. The molecule has 1 saturated heterocycles. The molecule has 1 aromatic carbocycles. The second-order valence-electron chi connectivity index (χ2n) is 10.5. The highest BCUT2D eigenvalue weighted by atomic mass is 19.1. The Kier molecular flexibility index (Phi) is 8.84. The smallest absolute Gasteiger partial charge is 0.416 e. The van der Waals surface area contributed by atoms with Crippen molar-refractivity contribution in [1.82, 2.24) is 14.8 Å². The summed E-state index contributed by atoms with van der Waals surface area (Å²) < 4.78 is 33.6. The van der Waals surface area contributed by atoms with E-state index in [4.69, 9.17) is 14.2 Å². The van der Waals surface area contributed by atoms with E-state index in [9.17, 15) is 14.3 Å². The van der Waals surface area contributed by atoms with Gasteiger partial charge in [-0.15, -0.1) is 0 Å². The van der Waals surface area contributed by atoms with Gasteiger partial charge in [-0.2, -0.15) is 5.10 Å². The van der Waals surface area contributed by atoms with Crippen molar-refractivity contribution in [3.8, 4) is 0 Å². The predicted molar refractivity (Wildman–Crippen MR) is 158 cm³/mol. The first-order valence-electron chi connectivity index (χ1n) is 14.0. The fourth-order valence-corrected chi connectivity index (χ4v) is 5.39. The number of halogens is 1. The molecule has 2 aliphatic rings. The summed E-state index contributed by atoms with van der Waals surface area (Å²) in [5.41, 5.74) is 4.61. The first-order chi connectivity index (χ1) is 20.2. The van der Waals surface area contributed by atoms with Gasteiger partial charge in [0.1, 0.15) is 18.2 Å².